The van der Waals surface area contributed by atoms with E-state index in [9.17, 15) is 9.59 Å². The van der Waals surface area contributed by atoms with Crippen LogP contribution in [0.4, 0.5) is 11.4 Å². The standard InChI is InChI=1S/C30H25ClN4O5/c1-38-25-14-19(15-26(39-2)27(25)40-3)30(37)32-21-10-6-17(7-11-21)28-34-23-13-12-22(16-24(23)35-28)33-29(36)18-4-8-20(31)9-5-18/h4-16H,1-3H3,(H,32,37)(H,33,36)(H,34,35). The molecular formula is C30H25ClN4O5. The maximum atomic E-state index is 12.9. The number of hydrogen-bond donors (Lipinski definition) is 3. The molecule has 0 aliphatic carbocycles. The number of nitrogens with zero attached hydrogens (tertiary/aromatic N) is 1. The lowest BCUT2D eigenvalue weighted by molar-refractivity contribution is 0.101. The fourth-order valence-electron chi connectivity index (χ4n) is 4.16. The molecule has 0 saturated heterocycles. The SMILES string of the molecule is COc1cc(C(=O)Nc2ccc(-c3nc4ccc(NC(=O)c5ccc(Cl)cc5)cc4[nH]3)cc2)cc(OC)c1OC. The van der Waals surface area contributed by atoms with Crippen molar-refractivity contribution in [2.24, 2.45) is 0 Å². The van der Waals surface area contributed by atoms with Crippen LogP contribution >= 0.6 is 11.6 Å². The number of anilines is 2. The molecule has 1 heterocycles. The number of nitrogens with one attached hydrogen (secondary N) is 3. The molecule has 10 heteroatoms. The van der Waals surface area contributed by atoms with Gasteiger partial charge in [-0.15, -0.1) is 0 Å². The molecule has 0 saturated carbocycles. The van der Waals surface area contributed by atoms with Crippen LogP contribution in [-0.2, 0) is 0 Å². The fourth-order valence-corrected chi connectivity index (χ4v) is 4.28. The number of methoxy groups -OCH3 is 3. The zero-order chi connectivity index (χ0) is 28.2. The van der Waals surface area contributed by atoms with E-state index in [-0.39, 0.29) is 11.8 Å². The molecule has 3 N–H and O–H groups in total. The summed E-state index contributed by atoms with van der Waals surface area (Å²) in [6.07, 6.45) is 0. The summed E-state index contributed by atoms with van der Waals surface area (Å²) in [4.78, 5) is 33.4. The van der Waals surface area contributed by atoms with Crippen LogP contribution < -0.4 is 24.8 Å². The second-order valence-corrected chi connectivity index (χ2v) is 9.16. The van der Waals surface area contributed by atoms with Gasteiger partial charge in [-0.1, -0.05) is 11.6 Å². The number of carbonyl (C=O) groups is 2. The zero-order valence-electron chi connectivity index (χ0n) is 21.9. The van der Waals surface area contributed by atoms with Crippen LogP contribution in [0.2, 0.25) is 5.02 Å². The third-order valence-electron chi connectivity index (χ3n) is 6.19. The highest BCUT2D eigenvalue weighted by molar-refractivity contribution is 6.30. The van der Waals surface area contributed by atoms with E-state index >= 15 is 0 Å². The van der Waals surface area contributed by atoms with Crippen molar-refractivity contribution in [1.82, 2.24) is 9.97 Å². The number of benzene rings is 4. The quantitative estimate of drug-likeness (QED) is 0.203. The number of aromatic amines is 1. The van der Waals surface area contributed by atoms with Crippen LogP contribution in [0.25, 0.3) is 22.4 Å². The van der Waals surface area contributed by atoms with E-state index in [1.54, 1.807) is 54.6 Å². The Bertz CT molecular complexity index is 1670. The van der Waals surface area contributed by atoms with Crippen LogP contribution in [0.3, 0.4) is 0 Å². The molecule has 5 aromatic rings. The molecule has 0 atom stereocenters. The molecule has 202 valence electrons. The molecule has 9 nitrogen and oxygen atoms in total. The Morgan fingerprint density at radius 2 is 1.32 bits per heavy atom. The van der Waals surface area contributed by atoms with Gasteiger partial charge < -0.3 is 29.8 Å². The van der Waals surface area contributed by atoms with Crippen LogP contribution in [-0.4, -0.2) is 43.1 Å². The molecule has 0 aliphatic heterocycles. The van der Waals surface area contributed by atoms with E-state index < -0.39 is 0 Å². The number of rotatable bonds is 8. The third-order valence-corrected chi connectivity index (χ3v) is 6.44. The topological polar surface area (TPSA) is 115 Å². The smallest absolute Gasteiger partial charge is 0.255 e. The Morgan fingerprint density at radius 1 is 0.725 bits per heavy atom. The Labute approximate surface area is 235 Å². The molecule has 5 rings (SSSR count). The largest absolute Gasteiger partial charge is 0.493 e. The molecule has 0 spiro atoms. The predicted molar refractivity (Wildman–Crippen MR) is 155 cm³/mol. The number of amides is 2. The molecule has 0 radical (unpaired) electrons. The van der Waals surface area contributed by atoms with Crippen molar-refractivity contribution in [3.63, 3.8) is 0 Å². The predicted octanol–water partition coefficient (Wildman–Crippen LogP) is 6.41. The normalized spacial score (nSPS) is 10.7. The van der Waals surface area contributed by atoms with Gasteiger partial charge in [0.2, 0.25) is 5.75 Å². The van der Waals surface area contributed by atoms with Crippen LogP contribution in [0.15, 0.2) is 78.9 Å². The van der Waals surface area contributed by atoms with Crippen molar-refractivity contribution in [2.45, 2.75) is 0 Å². The molecule has 0 fully saturated rings. The molecule has 4 aromatic carbocycles. The van der Waals surface area contributed by atoms with Gasteiger partial charge in [-0.05, 0) is 78.9 Å². The molecule has 40 heavy (non-hydrogen) atoms. The van der Waals surface area contributed by atoms with Gasteiger partial charge >= 0.3 is 0 Å². The fraction of sp³-hybridized carbons (Fsp3) is 0.100. The minimum atomic E-state index is -0.330. The Balaban J connectivity index is 1.30. The first-order valence-electron chi connectivity index (χ1n) is 12.2. The first kappa shape index (κ1) is 26.6. The number of aromatic nitrogens is 2. The lowest BCUT2D eigenvalue weighted by Crippen LogP contribution is -2.12. The summed E-state index contributed by atoms with van der Waals surface area (Å²) in [7, 11) is 4.49. The molecule has 2 amide bonds. The Morgan fingerprint density at radius 3 is 1.95 bits per heavy atom. The summed E-state index contributed by atoms with van der Waals surface area (Å²) >= 11 is 5.91. The van der Waals surface area contributed by atoms with E-state index in [1.165, 1.54) is 21.3 Å². The maximum absolute atomic E-state index is 12.9. The van der Waals surface area contributed by atoms with Gasteiger partial charge in [0.25, 0.3) is 11.8 Å². The summed E-state index contributed by atoms with van der Waals surface area (Å²) in [5.41, 5.74) is 4.44. The second-order valence-electron chi connectivity index (χ2n) is 8.72. The van der Waals surface area contributed by atoms with Crippen LogP contribution in [0.5, 0.6) is 17.2 Å². The second kappa shape index (κ2) is 11.4. The van der Waals surface area contributed by atoms with Gasteiger partial charge in [0.05, 0.1) is 32.4 Å². The number of hydrogen-bond acceptors (Lipinski definition) is 6. The summed E-state index contributed by atoms with van der Waals surface area (Å²) in [5.74, 6) is 1.27. The van der Waals surface area contributed by atoms with E-state index in [4.69, 9.17) is 25.8 Å². The van der Waals surface area contributed by atoms with Gasteiger partial charge in [0.15, 0.2) is 11.5 Å². The first-order chi connectivity index (χ1) is 19.4. The number of imidazole rings is 1. The van der Waals surface area contributed by atoms with Gasteiger partial charge in [-0.2, -0.15) is 0 Å². The Hall–Kier alpha value is -5.02. The molecule has 0 aliphatic rings. The summed E-state index contributed by atoms with van der Waals surface area (Å²) in [6, 6.07) is 22.6. The average Bonchev–Trinajstić information content (AvgIpc) is 3.40. The lowest BCUT2D eigenvalue weighted by Gasteiger charge is -2.14. The molecular weight excluding hydrogens is 532 g/mol. The minimum absolute atomic E-state index is 0.236. The van der Waals surface area contributed by atoms with Gasteiger partial charge in [-0.25, -0.2) is 4.98 Å². The molecule has 0 unspecified atom stereocenters. The van der Waals surface area contributed by atoms with E-state index in [1.807, 2.05) is 24.3 Å². The Kier molecular flexibility index (Phi) is 7.56. The van der Waals surface area contributed by atoms with Gasteiger partial charge in [0, 0.05) is 33.1 Å². The van der Waals surface area contributed by atoms with Crippen molar-refractivity contribution in [3.05, 3.63) is 95.0 Å². The number of halogens is 1. The number of carbonyl (C=O) groups excluding carboxylic acids is 2. The lowest BCUT2D eigenvalue weighted by atomic mass is 10.1. The molecule has 0 bridgehead atoms. The van der Waals surface area contributed by atoms with Crippen molar-refractivity contribution in [3.8, 4) is 28.6 Å². The highest BCUT2D eigenvalue weighted by Crippen LogP contribution is 2.38. The van der Waals surface area contributed by atoms with Crippen molar-refractivity contribution in [2.75, 3.05) is 32.0 Å². The number of fused-ring (bicyclic) bond motifs is 1. The maximum Gasteiger partial charge on any atom is 0.255 e. The highest BCUT2D eigenvalue weighted by Gasteiger charge is 2.17. The summed E-state index contributed by atoms with van der Waals surface area (Å²) in [5, 5.41) is 6.33. The highest BCUT2D eigenvalue weighted by atomic mass is 35.5. The third kappa shape index (κ3) is 5.55. The number of H-pyrrole nitrogens is 1. The number of ether oxygens (including phenoxy) is 3. The van der Waals surface area contributed by atoms with Gasteiger partial charge in [0.1, 0.15) is 5.82 Å². The van der Waals surface area contributed by atoms with Crippen LogP contribution in [0.1, 0.15) is 20.7 Å². The summed E-state index contributed by atoms with van der Waals surface area (Å²) in [6.45, 7) is 0. The van der Waals surface area contributed by atoms with E-state index in [2.05, 4.69) is 20.6 Å². The van der Waals surface area contributed by atoms with Crippen molar-refractivity contribution < 1.29 is 23.8 Å². The van der Waals surface area contributed by atoms with Gasteiger partial charge in [-0.3, -0.25) is 9.59 Å². The first-order valence-corrected chi connectivity index (χ1v) is 12.5. The molecule has 1 aromatic heterocycles. The summed E-state index contributed by atoms with van der Waals surface area (Å²) < 4.78 is 16.0. The van der Waals surface area contributed by atoms with E-state index in [0.717, 1.165) is 16.6 Å². The average molecular weight is 557 g/mol. The van der Waals surface area contributed by atoms with Crippen LogP contribution in [0, 0.1) is 0 Å². The van der Waals surface area contributed by atoms with Crippen molar-refractivity contribution >= 4 is 45.8 Å². The van der Waals surface area contributed by atoms with Crippen molar-refractivity contribution in [1.29, 1.82) is 0 Å². The minimum Gasteiger partial charge on any atom is -0.493 e. The monoisotopic (exact) mass is 556 g/mol. The zero-order valence-corrected chi connectivity index (χ0v) is 22.6. The van der Waals surface area contributed by atoms with E-state index in [0.29, 0.717) is 50.6 Å².